The molecule has 3 aliphatic rings. The number of ether oxygens (including phenoxy) is 1. The van der Waals surface area contributed by atoms with Gasteiger partial charge in [-0.2, -0.15) is 0 Å². The van der Waals surface area contributed by atoms with E-state index in [1.807, 2.05) is 12.1 Å². The van der Waals surface area contributed by atoms with Gasteiger partial charge in [-0.15, -0.1) is 11.3 Å². The Bertz CT molecular complexity index is 1470. The molecule has 3 fully saturated rings. The van der Waals surface area contributed by atoms with Crippen molar-refractivity contribution in [3.05, 3.63) is 68.6 Å². The van der Waals surface area contributed by atoms with Crippen molar-refractivity contribution in [2.45, 2.75) is 62.8 Å². The number of halogens is 3. The first kappa shape index (κ1) is 24.0. The third kappa shape index (κ3) is 3.93. The molecule has 2 aromatic carbocycles. The molecule has 9 heteroatoms. The molecule has 0 radical (unpaired) electrons. The Kier molecular flexibility index (Phi) is 5.86. The van der Waals surface area contributed by atoms with Gasteiger partial charge in [0.25, 0.3) is 0 Å². The van der Waals surface area contributed by atoms with Crippen molar-refractivity contribution >= 4 is 44.8 Å². The lowest BCUT2D eigenvalue weighted by atomic mass is 9.73. The topological polar surface area (TPSA) is 68.4 Å². The van der Waals surface area contributed by atoms with E-state index in [0.29, 0.717) is 44.4 Å². The van der Waals surface area contributed by atoms with Crippen molar-refractivity contribution in [2.75, 3.05) is 0 Å². The Morgan fingerprint density at radius 2 is 1.76 bits per heavy atom. The molecule has 0 spiro atoms. The number of rotatable bonds is 6. The highest BCUT2D eigenvalue weighted by Gasteiger charge is 2.56. The lowest BCUT2D eigenvalue weighted by molar-refractivity contribution is -0.116. The molecule has 0 aliphatic heterocycles. The largest absolute Gasteiger partial charge is 0.382 e. The Morgan fingerprint density at radius 1 is 1.05 bits per heavy atom. The minimum Gasteiger partial charge on any atom is -0.382 e. The van der Waals surface area contributed by atoms with E-state index in [2.05, 4.69) is 10.1 Å². The fraction of sp³-hybridized carbons (Fsp3) is 0.429. The van der Waals surface area contributed by atoms with Crippen LogP contribution in [0.15, 0.2) is 40.9 Å². The number of thiazole rings is 1. The monoisotopic (exact) mass is 558 g/mol. The molecule has 5 nitrogen and oxygen atoms in total. The van der Waals surface area contributed by atoms with Gasteiger partial charge in [-0.3, -0.25) is 0 Å². The first-order valence-corrected chi connectivity index (χ1v) is 14.3. The van der Waals surface area contributed by atoms with Crippen LogP contribution in [0.4, 0.5) is 4.39 Å². The van der Waals surface area contributed by atoms with Crippen LogP contribution in [0.2, 0.25) is 10.0 Å². The predicted molar refractivity (Wildman–Crippen MR) is 141 cm³/mol. The summed E-state index contributed by atoms with van der Waals surface area (Å²) in [6.07, 6.45) is 5.37. The van der Waals surface area contributed by atoms with Gasteiger partial charge in [0.15, 0.2) is 0 Å². The minimum atomic E-state index is -1.04. The summed E-state index contributed by atoms with van der Waals surface area (Å²) in [4.78, 5) is 4.57. The van der Waals surface area contributed by atoms with E-state index in [1.165, 1.54) is 17.4 Å². The van der Waals surface area contributed by atoms with Gasteiger partial charge in [-0.05, 0) is 74.6 Å². The third-order valence-electron chi connectivity index (χ3n) is 8.35. The van der Waals surface area contributed by atoms with E-state index >= 15 is 0 Å². The summed E-state index contributed by atoms with van der Waals surface area (Å²) in [5.41, 5.74) is 1.53. The summed E-state index contributed by atoms with van der Waals surface area (Å²) < 4.78 is 27.4. The molecule has 192 valence electrons. The number of benzene rings is 2. The summed E-state index contributed by atoms with van der Waals surface area (Å²) in [7, 11) is 0. The third-order valence-corrected chi connectivity index (χ3v) is 10.1. The van der Waals surface area contributed by atoms with Crippen molar-refractivity contribution in [1.29, 1.82) is 0 Å². The summed E-state index contributed by atoms with van der Waals surface area (Å²) in [5, 5.41) is 17.9. The van der Waals surface area contributed by atoms with Crippen LogP contribution in [0.25, 0.3) is 21.5 Å². The first-order chi connectivity index (χ1) is 17.9. The molecule has 3 saturated carbocycles. The van der Waals surface area contributed by atoms with Crippen LogP contribution in [0, 0.1) is 17.7 Å². The molecule has 0 saturated heterocycles. The summed E-state index contributed by atoms with van der Waals surface area (Å²) in [6.45, 7) is 0.348. The SMILES string of the molecule is OC1(c2nc3c(F)cccc3s2)[C@@H]2CC[C@H]1CC(OCc1c(-c3c(Cl)cccc3Cl)noc1C1CC1)C2. The zero-order valence-corrected chi connectivity index (χ0v) is 22.3. The summed E-state index contributed by atoms with van der Waals surface area (Å²) in [5.74, 6) is 0.902. The van der Waals surface area contributed by atoms with Crippen molar-refractivity contribution in [3.8, 4) is 11.3 Å². The highest BCUT2D eigenvalue weighted by atomic mass is 35.5. The van der Waals surface area contributed by atoms with Crippen molar-refractivity contribution in [3.63, 3.8) is 0 Å². The van der Waals surface area contributed by atoms with Crippen molar-refractivity contribution < 1.29 is 18.8 Å². The number of nitrogens with zero attached hydrogens (tertiary/aromatic N) is 2. The van der Waals surface area contributed by atoms with Crippen molar-refractivity contribution in [1.82, 2.24) is 10.1 Å². The van der Waals surface area contributed by atoms with Crippen LogP contribution in [0.5, 0.6) is 0 Å². The zero-order valence-electron chi connectivity index (χ0n) is 19.9. The second-order valence-corrected chi connectivity index (χ2v) is 12.4. The molecule has 7 rings (SSSR count). The fourth-order valence-corrected chi connectivity index (χ4v) is 8.13. The first-order valence-electron chi connectivity index (χ1n) is 12.8. The van der Waals surface area contributed by atoms with E-state index in [1.54, 1.807) is 18.2 Å². The molecule has 2 unspecified atom stereocenters. The number of para-hydroxylation sites is 1. The molecule has 1 N–H and O–H groups in total. The highest BCUT2D eigenvalue weighted by molar-refractivity contribution is 7.18. The van der Waals surface area contributed by atoms with E-state index in [4.69, 9.17) is 32.5 Å². The molecule has 37 heavy (non-hydrogen) atoms. The van der Waals surface area contributed by atoms with Gasteiger partial charge in [0.1, 0.15) is 33.4 Å². The predicted octanol–water partition coefficient (Wildman–Crippen LogP) is 7.87. The Balaban J connectivity index is 1.14. The second-order valence-electron chi connectivity index (χ2n) is 10.6. The number of fused-ring (bicyclic) bond motifs is 3. The molecule has 2 bridgehead atoms. The van der Waals surface area contributed by atoms with Gasteiger partial charge in [0.05, 0.1) is 27.5 Å². The number of hydrogen-bond acceptors (Lipinski definition) is 6. The maximum atomic E-state index is 14.3. The molecule has 3 aliphatic carbocycles. The molecule has 4 aromatic rings. The fourth-order valence-electron chi connectivity index (χ4n) is 6.32. The van der Waals surface area contributed by atoms with Crippen LogP contribution in [-0.4, -0.2) is 21.4 Å². The minimum absolute atomic E-state index is 0.0135. The van der Waals surface area contributed by atoms with Gasteiger partial charge in [0.2, 0.25) is 0 Å². The van der Waals surface area contributed by atoms with E-state index < -0.39 is 5.60 Å². The Labute approximate surface area is 227 Å². The average molecular weight is 559 g/mol. The van der Waals surface area contributed by atoms with Crippen LogP contribution in [-0.2, 0) is 16.9 Å². The highest BCUT2D eigenvalue weighted by Crippen LogP contribution is 2.57. The van der Waals surface area contributed by atoms with Crippen LogP contribution < -0.4 is 0 Å². The maximum absolute atomic E-state index is 14.3. The average Bonchev–Trinajstić information content (AvgIpc) is 3.45. The lowest BCUT2D eigenvalue weighted by Gasteiger charge is -2.41. The van der Waals surface area contributed by atoms with E-state index in [0.717, 1.165) is 54.5 Å². The second kappa shape index (κ2) is 9.02. The van der Waals surface area contributed by atoms with Crippen LogP contribution in [0.1, 0.15) is 60.8 Å². The van der Waals surface area contributed by atoms with Crippen LogP contribution >= 0.6 is 34.5 Å². The van der Waals surface area contributed by atoms with Crippen LogP contribution in [0.3, 0.4) is 0 Å². The van der Waals surface area contributed by atoms with E-state index in [9.17, 15) is 9.50 Å². The van der Waals surface area contributed by atoms with Gasteiger partial charge in [-0.1, -0.05) is 40.5 Å². The molecule has 0 amide bonds. The Hall–Kier alpha value is -2.03. The number of hydrogen-bond donors (Lipinski definition) is 1. The van der Waals surface area contributed by atoms with E-state index in [-0.39, 0.29) is 23.8 Å². The van der Waals surface area contributed by atoms with Gasteiger partial charge in [0, 0.05) is 17.0 Å². The van der Waals surface area contributed by atoms with Gasteiger partial charge >= 0.3 is 0 Å². The standard InChI is InChI=1S/C28H25Cl2FN2O3S/c29-19-3-1-4-20(30)23(19)24-18(26(36-33-24)14-7-8-14)13-35-17-11-15-9-10-16(12-17)28(15,34)27-32-25-21(31)5-2-6-22(25)37-27/h1-6,14-17,34H,7-13H2/t15-,16+,17?,28?. The maximum Gasteiger partial charge on any atom is 0.150 e. The van der Waals surface area contributed by atoms with Gasteiger partial charge < -0.3 is 14.4 Å². The smallest absolute Gasteiger partial charge is 0.150 e. The quantitative estimate of drug-likeness (QED) is 0.260. The zero-order chi connectivity index (χ0) is 25.3. The Morgan fingerprint density at radius 3 is 2.43 bits per heavy atom. The molecule has 2 heterocycles. The molecular formula is C28H25Cl2FN2O3S. The normalized spacial score (nSPS) is 27.3. The molecular weight excluding hydrogens is 534 g/mol. The molecule has 4 atom stereocenters. The number of aliphatic hydroxyl groups is 1. The summed E-state index contributed by atoms with van der Waals surface area (Å²) in [6, 6.07) is 10.4. The molecule has 2 aromatic heterocycles. The summed E-state index contributed by atoms with van der Waals surface area (Å²) >= 11 is 14.4. The lowest BCUT2D eigenvalue weighted by Crippen LogP contribution is -2.44. The van der Waals surface area contributed by atoms with Gasteiger partial charge in [-0.25, -0.2) is 9.37 Å². The number of aromatic nitrogens is 2. The van der Waals surface area contributed by atoms with Crippen molar-refractivity contribution in [2.24, 2.45) is 11.8 Å².